The van der Waals surface area contributed by atoms with E-state index in [4.69, 9.17) is 4.74 Å². The fourth-order valence-corrected chi connectivity index (χ4v) is 3.43. The van der Waals surface area contributed by atoms with Crippen LogP contribution in [-0.4, -0.2) is 43.1 Å². The molecule has 0 bridgehead atoms. The summed E-state index contributed by atoms with van der Waals surface area (Å²) in [6.07, 6.45) is -3.67. The molecule has 0 atom stereocenters. The number of hydrogen-bond donors (Lipinski definition) is 3. The fraction of sp³-hybridized carbons (Fsp3) is 0.400. The van der Waals surface area contributed by atoms with Gasteiger partial charge in [-0.25, -0.2) is 0 Å². The Kier molecular flexibility index (Phi) is 4.53. The van der Waals surface area contributed by atoms with Crippen LogP contribution in [0.15, 0.2) is 36.4 Å². The second kappa shape index (κ2) is 6.77. The summed E-state index contributed by atoms with van der Waals surface area (Å²) in [4.78, 5) is 1.52. The summed E-state index contributed by atoms with van der Waals surface area (Å²) in [7, 11) is 0. The molecule has 2 aromatic rings. The number of rotatable bonds is 3. The van der Waals surface area contributed by atoms with Crippen molar-refractivity contribution in [1.82, 2.24) is 0 Å². The lowest BCUT2D eigenvalue weighted by molar-refractivity contribution is -0.267. The summed E-state index contributed by atoms with van der Waals surface area (Å²) in [5, 5.41) is 16.3. The van der Waals surface area contributed by atoms with Gasteiger partial charge in [-0.3, -0.25) is 0 Å². The maximum atomic E-state index is 12.8. The highest BCUT2D eigenvalue weighted by atomic mass is 19.4. The first kappa shape index (κ1) is 18.7. The lowest BCUT2D eigenvalue weighted by Gasteiger charge is -2.48. The molecule has 5 nitrogen and oxygen atoms in total. The third kappa shape index (κ3) is 3.44. The number of fused-ring (bicyclic) bond motifs is 1. The quantitative estimate of drug-likeness (QED) is 0.735. The van der Waals surface area contributed by atoms with Crippen LogP contribution in [0.2, 0.25) is 0 Å². The molecule has 0 aromatic heterocycles. The number of nitrogens with zero attached hydrogens (tertiary/aromatic N) is 1. The molecule has 0 radical (unpaired) electrons. The van der Waals surface area contributed by atoms with Crippen LogP contribution < -0.4 is 20.3 Å². The van der Waals surface area contributed by atoms with Crippen molar-refractivity contribution >= 4 is 22.7 Å². The first-order valence-electron chi connectivity index (χ1n) is 9.18. The van der Waals surface area contributed by atoms with E-state index in [-0.39, 0.29) is 0 Å². The van der Waals surface area contributed by atoms with Crippen molar-refractivity contribution in [3.8, 4) is 5.75 Å². The number of ether oxygens (including phenoxy) is 1. The Balaban J connectivity index is 1.47. The molecule has 0 aliphatic carbocycles. The van der Waals surface area contributed by atoms with Crippen molar-refractivity contribution in [2.45, 2.75) is 25.1 Å². The minimum absolute atomic E-state index is 0.447. The van der Waals surface area contributed by atoms with Gasteiger partial charge in [0.2, 0.25) is 0 Å². The maximum Gasteiger partial charge on any atom is 0.420 e. The smallest absolute Gasteiger partial charge is 0.420 e. The molecule has 28 heavy (non-hydrogen) atoms. The summed E-state index contributed by atoms with van der Waals surface area (Å²) in [5.41, 5.74) is 1.63. The highest BCUT2D eigenvalue weighted by Crippen LogP contribution is 2.40. The molecule has 8 heteroatoms. The molecular weight excluding hydrogens is 371 g/mol. The van der Waals surface area contributed by atoms with E-state index in [1.165, 1.54) is 4.90 Å². The van der Waals surface area contributed by atoms with Crippen molar-refractivity contribution in [3.05, 3.63) is 42.0 Å². The molecular formula is C20H22F3N3O2. The third-order valence-electron chi connectivity index (χ3n) is 5.16. The monoisotopic (exact) mass is 393 g/mol. The Labute approximate surface area is 161 Å². The van der Waals surface area contributed by atoms with E-state index in [9.17, 15) is 18.3 Å². The zero-order valence-electron chi connectivity index (χ0n) is 15.4. The SMILES string of the molecule is Cc1cc(N2CC(O)(C(F)(F)F)C2)ccc1Nc1ccc2c(c1)OCCCN2. The van der Waals surface area contributed by atoms with Gasteiger partial charge in [0, 0.05) is 29.7 Å². The highest BCUT2D eigenvalue weighted by Gasteiger charge is 2.61. The van der Waals surface area contributed by atoms with Gasteiger partial charge in [0.05, 0.1) is 25.4 Å². The number of benzene rings is 2. The number of alkyl halides is 3. The summed E-state index contributed by atoms with van der Waals surface area (Å²) in [6.45, 7) is 2.54. The Morgan fingerprint density at radius 3 is 2.68 bits per heavy atom. The highest BCUT2D eigenvalue weighted by molar-refractivity contribution is 5.71. The van der Waals surface area contributed by atoms with Gasteiger partial charge in [-0.1, -0.05) is 0 Å². The van der Waals surface area contributed by atoms with Crippen LogP contribution in [0.25, 0.3) is 0 Å². The normalized spacial score (nSPS) is 18.2. The Morgan fingerprint density at radius 1 is 1.18 bits per heavy atom. The number of anilines is 4. The second-order valence-corrected chi connectivity index (χ2v) is 7.35. The number of hydrogen-bond acceptors (Lipinski definition) is 5. The van der Waals surface area contributed by atoms with Crippen LogP contribution in [0.4, 0.5) is 35.9 Å². The third-order valence-corrected chi connectivity index (χ3v) is 5.16. The van der Waals surface area contributed by atoms with E-state index in [0.29, 0.717) is 12.3 Å². The van der Waals surface area contributed by atoms with Crippen molar-refractivity contribution < 1.29 is 23.0 Å². The van der Waals surface area contributed by atoms with Crippen LogP contribution in [0.1, 0.15) is 12.0 Å². The number of halogens is 3. The predicted octanol–water partition coefficient (Wildman–Crippen LogP) is 4.05. The van der Waals surface area contributed by atoms with E-state index < -0.39 is 24.9 Å². The van der Waals surface area contributed by atoms with Crippen LogP contribution in [0.5, 0.6) is 5.75 Å². The van der Waals surface area contributed by atoms with Gasteiger partial charge in [0.1, 0.15) is 5.75 Å². The molecule has 1 fully saturated rings. The van der Waals surface area contributed by atoms with Gasteiger partial charge in [0.25, 0.3) is 0 Å². The van der Waals surface area contributed by atoms with Crippen molar-refractivity contribution in [2.24, 2.45) is 0 Å². The van der Waals surface area contributed by atoms with Gasteiger partial charge < -0.3 is 25.4 Å². The second-order valence-electron chi connectivity index (χ2n) is 7.35. The molecule has 0 unspecified atom stereocenters. The number of aryl methyl sites for hydroxylation is 1. The average molecular weight is 393 g/mol. The molecule has 150 valence electrons. The molecule has 1 saturated heterocycles. The summed E-state index contributed by atoms with van der Waals surface area (Å²) in [5.74, 6) is 0.795. The predicted molar refractivity (Wildman–Crippen MR) is 103 cm³/mol. The zero-order chi connectivity index (χ0) is 19.9. The first-order valence-corrected chi connectivity index (χ1v) is 9.18. The van der Waals surface area contributed by atoms with E-state index in [0.717, 1.165) is 41.3 Å². The molecule has 3 N–H and O–H groups in total. The van der Waals surface area contributed by atoms with E-state index in [1.807, 2.05) is 37.3 Å². The van der Waals surface area contributed by atoms with Gasteiger partial charge in [-0.05, 0) is 49.2 Å². The molecule has 2 heterocycles. The van der Waals surface area contributed by atoms with Crippen LogP contribution in [0.3, 0.4) is 0 Å². The van der Waals surface area contributed by atoms with Crippen LogP contribution >= 0.6 is 0 Å². The summed E-state index contributed by atoms with van der Waals surface area (Å²) >= 11 is 0. The minimum atomic E-state index is -4.61. The Bertz CT molecular complexity index is 879. The minimum Gasteiger partial charge on any atom is -0.491 e. The number of β-amino-alcohol motifs (C(OH)–C–C–N with tert-alkyl or cyclic N) is 1. The first-order chi connectivity index (χ1) is 13.2. The summed E-state index contributed by atoms with van der Waals surface area (Å²) in [6, 6.07) is 11.3. The van der Waals surface area contributed by atoms with Crippen LogP contribution in [0, 0.1) is 6.92 Å². The average Bonchev–Trinajstić information content (AvgIpc) is 2.84. The Hall–Kier alpha value is -2.61. The van der Waals surface area contributed by atoms with E-state index >= 15 is 0 Å². The van der Waals surface area contributed by atoms with Gasteiger partial charge >= 0.3 is 6.18 Å². The number of nitrogens with one attached hydrogen (secondary N) is 2. The van der Waals surface area contributed by atoms with Gasteiger partial charge in [0.15, 0.2) is 5.60 Å². The summed E-state index contributed by atoms with van der Waals surface area (Å²) < 4.78 is 44.2. The van der Waals surface area contributed by atoms with Crippen molar-refractivity contribution in [1.29, 1.82) is 0 Å². The lowest BCUT2D eigenvalue weighted by atomic mass is 9.92. The van der Waals surface area contributed by atoms with Gasteiger partial charge in [-0.15, -0.1) is 0 Å². The molecule has 0 saturated carbocycles. The van der Waals surface area contributed by atoms with Gasteiger partial charge in [-0.2, -0.15) is 13.2 Å². The van der Waals surface area contributed by atoms with Crippen molar-refractivity contribution in [3.63, 3.8) is 0 Å². The molecule has 2 aromatic carbocycles. The Morgan fingerprint density at radius 2 is 1.96 bits per heavy atom. The molecule has 0 spiro atoms. The molecule has 2 aliphatic rings. The number of aliphatic hydroxyl groups is 1. The zero-order valence-corrected chi connectivity index (χ0v) is 15.4. The molecule has 0 amide bonds. The maximum absolute atomic E-state index is 12.8. The van der Waals surface area contributed by atoms with Crippen molar-refractivity contribution in [2.75, 3.05) is 41.8 Å². The fourth-order valence-electron chi connectivity index (χ4n) is 3.43. The molecule has 2 aliphatic heterocycles. The van der Waals surface area contributed by atoms with E-state index in [2.05, 4.69) is 10.6 Å². The van der Waals surface area contributed by atoms with Crippen LogP contribution in [-0.2, 0) is 0 Å². The van der Waals surface area contributed by atoms with E-state index in [1.54, 1.807) is 6.07 Å². The largest absolute Gasteiger partial charge is 0.491 e. The lowest BCUT2D eigenvalue weighted by Crippen LogP contribution is -2.69. The standard InChI is InChI=1S/C20H22F3N3O2/c1-13-9-15(26-11-19(27,12-26)20(21,22)23)4-6-16(13)25-14-3-5-17-18(10-14)28-8-2-7-24-17/h3-6,9-10,24-25,27H,2,7-8,11-12H2,1H3. The topological polar surface area (TPSA) is 56.8 Å². The molecule has 4 rings (SSSR count).